The molecule has 0 unspecified atom stereocenters. The lowest BCUT2D eigenvalue weighted by Gasteiger charge is -2.05. The number of hydrogen-bond donors (Lipinski definition) is 1. The SMILES string of the molecule is Cc1ccc(I)cc1C(=O)Nc1nc(C)c(C)s1. The van der Waals surface area contributed by atoms with E-state index in [0.29, 0.717) is 10.7 Å². The highest BCUT2D eigenvalue weighted by Crippen LogP contribution is 2.22. The highest BCUT2D eigenvalue weighted by Gasteiger charge is 2.12. The van der Waals surface area contributed by atoms with E-state index in [1.165, 1.54) is 11.3 Å². The molecule has 1 aromatic carbocycles. The van der Waals surface area contributed by atoms with E-state index in [0.717, 1.165) is 19.7 Å². The number of nitrogens with one attached hydrogen (secondary N) is 1. The Hall–Kier alpha value is -0.950. The minimum atomic E-state index is -0.0974. The van der Waals surface area contributed by atoms with Crippen LogP contribution in [-0.2, 0) is 0 Å². The summed E-state index contributed by atoms with van der Waals surface area (Å²) in [6, 6.07) is 5.83. The number of rotatable bonds is 2. The fourth-order valence-electron chi connectivity index (χ4n) is 1.53. The normalized spacial score (nSPS) is 10.4. The molecule has 3 nitrogen and oxygen atoms in total. The molecule has 2 rings (SSSR count). The molecule has 0 saturated heterocycles. The molecule has 1 heterocycles. The van der Waals surface area contributed by atoms with Crippen LogP contribution >= 0.6 is 33.9 Å². The van der Waals surface area contributed by atoms with Gasteiger partial charge in [-0.3, -0.25) is 10.1 Å². The third kappa shape index (κ3) is 2.89. The van der Waals surface area contributed by atoms with Crippen molar-refractivity contribution in [3.05, 3.63) is 43.5 Å². The molecule has 5 heteroatoms. The molecule has 1 N–H and O–H groups in total. The molecule has 0 spiro atoms. The van der Waals surface area contributed by atoms with E-state index in [1.807, 2.05) is 39.0 Å². The summed E-state index contributed by atoms with van der Waals surface area (Å²) in [6.45, 7) is 5.88. The number of hydrogen-bond acceptors (Lipinski definition) is 3. The Morgan fingerprint density at radius 2 is 2.06 bits per heavy atom. The zero-order valence-corrected chi connectivity index (χ0v) is 13.3. The topological polar surface area (TPSA) is 42.0 Å². The van der Waals surface area contributed by atoms with Gasteiger partial charge in [0, 0.05) is 14.0 Å². The third-order valence-electron chi connectivity index (χ3n) is 2.69. The lowest BCUT2D eigenvalue weighted by atomic mass is 10.1. The van der Waals surface area contributed by atoms with Crippen LogP contribution < -0.4 is 5.32 Å². The summed E-state index contributed by atoms with van der Waals surface area (Å²) in [6.07, 6.45) is 0. The molecule has 1 amide bonds. The van der Waals surface area contributed by atoms with Crippen LogP contribution in [0.4, 0.5) is 5.13 Å². The Balaban J connectivity index is 2.24. The van der Waals surface area contributed by atoms with E-state index in [-0.39, 0.29) is 5.91 Å². The molecule has 0 fully saturated rings. The summed E-state index contributed by atoms with van der Waals surface area (Å²) in [7, 11) is 0. The van der Waals surface area contributed by atoms with Gasteiger partial charge in [0.25, 0.3) is 5.91 Å². The molecule has 0 atom stereocenters. The molecule has 0 aliphatic heterocycles. The second-order valence-corrected chi connectivity index (χ2v) is 6.52. The zero-order chi connectivity index (χ0) is 13.3. The molecule has 0 bridgehead atoms. The second kappa shape index (κ2) is 5.36. The van der Waals surface area contributed by atoms with Crippen molar-refractivity contribution in [3.63, 3.8) is 0 Å². The van der Waals surface area contributed by atoms with Gasteiger partial charge >= 0.3 is 0 Å². The second-order valence-electron chi connectivity index (χ2n) is 4.07. The maximum absolute atomic E-state index is 12.2. The van der Waals surface area contributed by atoms with E-state index >= 15 is 0 Å². The fraction of sp³-hybridized carbons (Fsp3) is 0.231. The van der Waals surface area contributed by atoms with Gasteiger partial charge in [0.15, 0.2) is 5.13 Å². The van der Waals surface area contributed by atoms with Crippen molar-refractivity contribution in [2.24, 2.45) is 0 Å². The molecule has 1 aromatic heterocycles. The Bertz CT molecular complexity index is 588. The first-order chi connectivity index (χ1) is 8.47. The van der Waals surface area contributed by atoms with Gasteiger partial charge in [-0.1, -0.05) is 6.07 Å². The average molecular weight is 372 g/mol. The van der Waals surface area contributed by atoms with Crippen LogP contribution in [0.5, 0.6) is 0 Å². The van der Waals surface area contributed by atoms with E-state index < -0.39 is 0 Å². The molecular formula is C13H13IN2OS. The summed E-state index contributed by atoms with van der Waals surface area (Å²) in [5, 5.41) is 3.51. The maximum Gasteiger partial charge on any atom is 0.257 e. The van der Waals surface area contributed by atoms with Crippen LogP contribution in [0.1, 0.15) is 26.5 Å². The number of halogens is 1. The van der Waals surface area contributed by atoms with Crippen molar-refractivity contribution in [1.29, 1.82) is 0 Å². The first kappa shape index (κ1) is 13.5. The molecule has 0 saturated carbocycles. The maximum atomic E-state index is 12.2. The number of carbonyl (C=O) groups excluding carboxylic acids is 1. The van der Waals surface area contributed by atoms with Gasteiger partial charge in [-0.2, -0.15) is 0 Å². The number of aryl methyl sites for hydroxylation is 3. The number of aromatic nitrogens is 1. The predicted molar refractivity (Wildman–Crippen MR) is 83.4 cm³/mol. The van der Waals surface area contributed by atoms with Crippen molar-refractivity contribution < 1.29 is 4.79 Å². The van der Waals surface area contributed by atoms with Crippen molar-refractivity contribution in [1.82, 2.24) is 4.98 Å². The molecule has 0 aliphatic rings. The lowest BCUT2D eigenvalue weighted by molar-refractivity contribution is 0.102. The van der Waals surface area contributed by atoms with Crippen molar-refractivity contribution in [2.45, 2.75) is 20.8 Å². The summed E-state index contributed by atoms with van der Waals surface area (Å²) < 4.78 is 1.05. The van der Waals surface area contributed by atoms with Gasteiger partial charge < -0.3 is 0 Å². The van der Waals surface area contributed by atoms with E-state index in [9.17, 15) is 4.79 Å². The summed E-state index contributed by atoms with van der Waals surface area (Å²) in [5.41, 5.74) is 2.64. The van der Waals surface area contributed by atoms with E-state index in [4.69, 9.17) is 0 Å². The van der Waals surface area contributed by atoms with Gasteiger partial charge in [-0.25, -0.2) is 4.98 Å². The van der Waals surface area contributed by atoms with Crippen molar-refractivity contribution >= 4 is 45.0 Å². The number of amides is 1. The van der Waals surface area contributed by atoms with E-state index in [1.54, 1.807) is 0 Å². The Kier molecular flexibility index (Phi) is 4.01. The standard InChI is InChI=1S/C13H13IN2OS/c1-7-4-5-10(14)6-11(7)12(17)16-13-15-8(2)9(3)18-13/h4-6H,1-3H3,(H,15,16,17). The summed E-state index contributed by atoms with van der Waals surface area (Å²) in [5.74, 6) is -0.0974. The number of nitrogens with zero attached hydrogens (tertiary/aromatic N) is 1. The average Bonchev–Trinajstić information content (AvgIpc) is 2.61. The molecule has 0 aliphatic carbocycles. The van der Waals surface area contributed by atoms with Gasteiger partial charge in [-0.15, -0.1) is 11.3 Å². The zero-order valence-electron chi connectivity index (χ0n) is 10.4. The Labute approximate surface area is 124 Å². The van der Waals surface area contributed by atoms with Crippen LogP contribution in [0, 0.1) is 24.3 Å². The van der Waals surface area contributed by atoms with Crippen LogP contribution in [-0.4, -0.2) is 10.9 Å². The van der Waals surface area contributed by atoms with Crippen molar-refractivity contribution in [3.8, 4) is 0 Å². The van der Waals surface area contributed by atoms with Crippen molar-refractivity contribution in [2.75, 3.05) is 5.32 Å². The predicted octanol–water partition coefficient (Wildman–Crippen LogP) is 3.93. The number of benzene rings is 1. The molecular weight excluding hydrogens is 359 g/mol. The minimum absolute atomic E-state index is 0.0974. The van der Waals surface area contributed by atoms with Crippen LogP contribution in [0.25, 0.3) is 0 Å². The highest BCUT2D eigenvalue weighted by molar-refractivity contribution is 14.1. The smallest absolute Gasteiger partial charge is 0.257 e. The molecule has 18 heavy (non-hydrogen) atoms. The first-order valence-electron chi connectivity index (χ1n) is 5.49. The lowest BCUT2D eigenvalue weighted by Crippen LogP contribution is -2.13. The summed E-state index contributed by atoms with van der Waals surface area (Å²) >= 11 is 3.71. The van der Waals surface area contributed by atoms with Gasteiger partial charge in [0.1, 0.15) is 0 Å². The molecule has 2 aromatic rings. The number of anilines is 1. The number of thiazole rings is 1. The van der Waals surface area contributed by atoms with Crippen LogP contribution in [0.15, 0.2) is 18.2 Å². The third-order valence-corrected chi connectivity index (χ3v) is 4.35. The fourth-order valence-corrected chi connectivity index (χ4v) is 2.83. The Morgan fingerprint density at radius 1 is 1.33 bits per heavy atom. The minimum Gasteiger partial charge on any atom is -0.298 e. The van der Waals surface area contributed by atoms with Gasteiger partial charge in [0.2, 0.25) is 0 Å². The van der Waals surface area contributed by atoms with Crippen LogP contribution in [0.3, 0.4) is 0 Å². The molecule has 0 radical (unpaired) electrons. The number of carbonyl (C=O) groups is 1. The van der Waals surface area contributed by atoms with Gasteiger partial charge in [-0.05, 0) is 61.1 Å². The van der Waals surface area contributed by atoms with E-state index in [2.05, 4.69) is 32.9 Å². The Morgan fingerprint density at radius 3 is 2.67 bits per heavy atom. The van der Waals surface area contributed by atoms with Gasteiger partial charge in [0.05, 0.1) is 5.69 Å². The monoisotopic (exact) mass is 372 g/mol. The largest absolute Gasteiger partial charge is 0.298 e. The quantitative estimate of drug-likeness (QED) is 0.812. The molecule has 94 valence electrons. The first-order valence-corrected chi connectivity index (χ1v) is 7.38. The van der Waals surface area contributed by atoms with Crippen LogP contribution in [0.2, 0.25) is 0 Å². The summed E-state index contributed by atoms with van der Waals surface area (Å²) in [4.78, 5) is 17.6. The highest BCUT2D eigenvalue weighted by atomic mass is 127.